The summed E-state index contributed by atoms with van der Waals surface area (Å²) in [7, 11) is -3.13. The molecule has 0 saturated heterocycles. The second kappa shape index (κ2) is 5.02. The predicted octanol–water partition coefficient (Wildman–Crippen LogP) is 2.29. The molecular formula is C11H16O2S. The molecule has 14 heavy (non-hydrogen) atoms. The molecule has 0 bridgehead atoms. The van der Waals surface area contributed by atoms with E-state index in [1.54, 1.807) is 39.8 Å². The zero-order chi connectivity index (χ0) is 11.4. The molecular weight excluding hydrogens is 196 g/mol. The van der Waals surface area contributed by atoms with Gasteiger partial charge in [0.25, 0.3) is 0 Å². The Balaban J connectivity index is 5.01. The fourth-order valence-electron chi connectivity index (χ4n) is 0.757. The zero-order valence-electron chi connectivity index (χ0n) is 9.03. The molecule has 78 valence electrons. The van der Waals surface area contributed by atoms with Gasteiger partial charge in [-0.25, -0.2) is 8.42 Å². The molecule has 0 N–H and O–H groups in total. The van der Waals surface area contributed by atoms with Crippen molar-refractivity contribution in [3.63, 3.8) is 0 Å². The molecule has 0 spiro atoms. The molecule has 0 aromatic carbocycles. The minimum absolute atomic E-state index is 0.349. The lowest BCUT2D eigenvalue weighted by molar-refractivity contribution is 0.593. The monoisotopic (exact) mass is 212 g/mol. The average molecular weight is 212 g/mol. The van der Waals surface area contributed by atoms with E-state index in [1.807, 2.05) is 0 Å². The maximum absolute atomic E-state index is 11.6. The molecule has 0 unspecified atom stereocenters. The first-order valence-electron chi connectivity index (χ1n) is 4.38. The van der Waals surface area contributed by atoms with E-state index in [4.69, 9.17) is 6.42 Å². The molecule has 0 aliphatic carbocycles. The summed E-state index contributed by atoms with van der Waals surface area (Å²) >= 11 is 0. The van der Waals surface area contributed by atoms with Crippen LogP contribution in [0.25, 0.3) is 0 Å². The van der Waals surface area contributed by atoms with Gasteiger partial charge in [-0.15, -0.1) is 6.42 Å². The highest BCUT2D eigenvalue weighted by Crippen LogP contribution is 2.12. The highest BCUT2D eigenvalue weighted by Gasteiger charge is 2.17. The van der Waals surface area contributed by atoms with Gasteiger partial charge >= 0.3 is 0 Å². The van der Waals surface area contributed by atoms with Crippen molar-refractivity contribution >= 4 is 9.84 Å². The summed E-state index contributed by atoms with van der Waals surface area (Å²) in [6.45, 7) is 6.65. The third kappa shape index (κ3) is 3.39. The molecule has 0 saturated carbocycles. The molecule has 0 aliphatic heterocycles. The van der Waals surface area contributed by atoms with Crippen LogP contribution in [0.4, 0.5) is 0 Å². The van der Waals surface area contributed by atoms with Gasteiger partial charge < -0.3 is 0 Å². The Morgan fingerprint density at radius 2 is 1.79 bits per heavy atom. The van der Waals surface area contributed by atoms with Crippen molar-refractivity contribution < 1.29 is 8.42 Å². The molecule has 0 rings (SSSR count). The number of rotatable bonds is 3. The van der Waals surface area contributed by atoms with Gasteiger partial charge in [0.2, 0.25) is 0 Å². The maximum atomic E-state index is 11.6. The van der Waals surface area contributed by atoms with E-state index in [0.29, 0.717) is 10.5 Å². The minimum atomic E-state index is -3.13. The maximum Gasteiger partial charge on any atom is 0.176 e. The van der Waals surface area contributed by atoms with Crippen LogP contribution < -0.4 is 0 Å². The quantitative estimate of drug-likeness (QED) is 0.531. The molecule has 0 aromatic heterocycles. The first-order chi connectivity index (χ1) is 6.32. The molecule has 0 radical (unpaired) electrons. The molecule has 0 amide bonds. The molecule has 0 heterocycles. The minimum Gasteiger partial charge on any atom is -0.224 e. The lowest BCUT2D eigenvalue weighted by atomic mass is 10.3. The highest BCUT2D eigenvalue weighted by atomic mass is 32.2. The molecule has 0 aromatic rings. The summed E-state index contributed by atoms with van der Waals surface area (Å²) in [5.74, 6) is 2.42. The lowest BCUT2D eigenvalue weighted by Crippen LogP contribution is -2.14. The molecule has 3 heteroatoms. The van der Waals surface area contributed by atoms with E-state index < -0.39 is 15.1 Å². The van der Waals surface area contributed by atoms with E-state index in [1.165, 1.54) is 0 Å². The zero-order valence-corrected chi connectivity index (χ0v) is 9.85. The van der Waals surface area contributed by atoms with Crippen LogP contribution in [0, 0.1) is 12.3 Å². The second-order valence-electron chi connectivity index (χ2n) is 3.37. The second-order valence-corrected chi connectivity index (χ2v) is 6.04. The van der Waals surface area contributed by atoms with Crippen LogP contribution in [-0.4, -0.2) is 13.7 Å². The predicted molar refractivity (Wildman–Crippen MR) is 60.4 cm³/mol. The van der Waals surface area contributed by atoms with Gasteiger partial charge in [-0.2, -0.15) is 0 Å². The van der Waals surface area contributed by atoms with Crippen LogP contribution in [0.5, 0.6) is 0 Å². The van der Waals surface area contributed by atoms with E-state index in [9.17, 15) is 8.42 Å². The first kappa shape index (κ1) is 13.0. The Morgan fingerprint density at radius 1 is 1.29 bits per heavy atom. The fraction of sp³-hybridized carbons (Fsp3) is 0.455. The summed E-state index contributed by atoms with van der Waals surface area (Å²) in [4.78, 5) is 0.349. The Labute approximate surface area is 86.6 Å². The Bertz CT molecular complexity index is 389. The third-order valence-electron chi connectivity index (χ3n) is 1.87. The topological polar surface area (TPSA) is 34.1 Å². The van der Waals surface area contributed by atoms with Crippen molar-refractivity contribution in [2.75, 3.05) is 0 Å². The molecule has 0 fully saturated rings. The number of hydrogen-bond donors (Lipinski definition) is 0. The van der Waals surface area contributed by atoms with Gasteiger partial charge in [-0.1, -0.05) is 5.92 Å². The van der Waals surface area contributed by atoms with Crippen LogP contribution >= 0.6 is 0 Å². The summed E-state index contributed by atoms with van der Waals surface area (Å²) in [6.07, 6.45) is 8.31. The van der Waals surface area contributed by atoms with Crippen molar-refractivity contribution in [3.8, 4) is 12.3 Å². The van der Waals surface area contributed by atoms with Crippen LogP contribution in [0.1, 0.15) is 27.7 Å². The normalized spacial score (nSPS) is 14.3. The van der Waals surface area contributed by atoms with Crippen molar-refractivity contribution in [1.29, 1.82) is 0 Å². The van der Waals surface area contributed by atoms with Gasteiger partial charge in [-0.3, -0.25) is 0 Å². The van der Waals surface area contributed by atoms with Crippen molar-refractivity contribution in [2.45, 2.75) is 32.9 Å². The van der Waals surface area contributed by atoms with Gasteiger partial charge in [-0.05, 0) is 45.4 Å². The molecule has 0 atom stereocenters. The summed E-state index contributed by atoms with van der Waals surface area (Å²) in [5.41, 5.74) is 0.711. The molecule has 0 aliphatic rings. The van der Waals surface area contributed by atoms with Crippen molar-refractivity contribution in [2.24, 2.45) is 0 Å². The number of sulfone groups is 1. The summed E-state index contributed by atoms with van der Waals surface area (Å²) in [5, 5.41) is -0.390. The van der Waals surface area contributed by atoms with Crippen LogP contribution in [-0.2, 0) is 9.84 Å². The lowest BCUT2D eigenvalue weighted by Gasteiger charge is -2.06. The number of allylic oxidation sites excluding steroid dienone is 4. The number of hydrogen-bond acceptors (Lipinski definition) is 2. The highest BCUT2D eigenvalue weighted by molar-refractivity contribution is 7.95. The van der Waals surface area contributed by atoms with Crippen molar-refractivity contribution in [3.05, 3.63) is 22.6 Å². The van der Waals surface area contributed by atoms with Crippen LogP contribution in [0.3, 0.4) is 0 Å². The van der Waals surface area contributed by atoms with Gasteiger partial charge in [0.05, 0.1) is 5.25 Å². The van der Waals surface area contributed by atoms with E-state index >= 15 is 0 Å². The van der Waals surface area contributed by atoms with Crippen molar-refractivity contribution in [1.82, 2.24) is 0 Å². The van der Waals surface area contributed by atoms with Gasteiger partial charge in [0.1, 0.15) is 0 Å². The van der Waals surface area contributed by atoms with Crippen LogP contribution in [0.15, 0.2) is 22.6 Å². The fourth-order valence-corrected chi connectivity index (χ4v) is 1.76. The average Bonchev–Trinajstić information content (AvgIpc) is 2.12. The van der Waals surface area contributed by atoms with Gasteiger partial charge in [0, 0.05) is 4.91 Å². The third-order valence-corrected chi connectivity index (χ3v) is 4.14. The first-order valence-corrected chi connectivity index (χ1v) is 5.92. The Hall–Kier alpha value is -1.01. The summed E-state index contributed by atoms with van der Waals surface area (Å²) in [6, 6.07) is 0. The smallest absolute Gasteiger partial charge is 0.176 e. The standard InChI is InChI=1S/C11H16O2S/c1-6-10(4)7-8-11(5)14(12,13)9(2)3/h1,7-9H,2-5H3/b10-7-,11-8+. The van der Waals surface area contributed by atoms with Gasteiger partial charge in [0.15, 0.2) is 9.84 Å². The van der Waals surface area contributed by atoms with E-state index in [-0.39, 0.29) is 0 Å². The number of terminal acetylenes is 1. The molecule has 2 nitrogen and oxygen atoms in total. The largest absolute Gasteiger partial charge is 0.224 e. The summed E-state index contributed by atoms with van der Waals surface area (Å²) < 4.78 is 23.2. The Morgan fingerprint density at radius 3 is 2.14 bits per heavy atom. The SMILES string of the molecule is C#C/C(C)=C\C=C(/C)S(=O)(=O)C(C)C. The van der Waals surface area contributed by atoms with E-state index in [0.717, 1.165) is 0 Å². The van der Waals surface area contributed by atoms with Crippen LogP contribution in [0.2, 0.25) is 0 Å². The Kier molecular flexibility index (Phi) is 4.65. The van der Waals surface area contributed by atoms with E-state index in [2.05, 4.69) is 5.92 Å².